The van der Waals surface area contributed by atoms with Gasteiger partial charge in [0.15, 0.2) is 0 Å². The quantitative estimate of drug-likeness (QED) is 0.596. The van der Waals surface area contributed by atoms with Gasteiger partial charge in [0.25, 0.3) is 5.91 Å². The molecular weight excluding hydrogens is 414 g/mol. The third-order valence-corrected chi connectivity index (χ3v) is 6.00. The van der Waals surface area contributed by atoms with Crippen LogP contribution in [0.1, 0.15) is 48.4 Å². The zero-order valence-electron chi connectivity index (χ0n) is 17.9. The number of hydrogen-bond donors (Lipinski definition) is 0. The summed E-state index contributed by atoms with van der Waals surface area (Å²) in [6.07, 6.45) is 5.30. The first-order valence-corrected chi connectivity index (χ1v) is 10.7. The van der Waals surface area contributed by atoms with Crippen molar-refractivity contribution in [3.63, 3.8) is 0 Å². The second-order valence-electron chi connectivity index (χ2n) is 8.71. The van der Waals surface area contributed by atoms with Gasteiger partial charge in [0.1, 0.15) is 12.6 Å². The Morgan fingerprint density at radius 1 is 1.13 bits per heavy atom. The Morgan fingerprint density at radius 3 is 2.58 bits per heavy atom. The molecule has 7 heteroatoms. The Hall–Kier alpha value is -2.99. The van der Waals surface area contributed by atoms with Gasteiger partial charge in [-0.3, -0.25) is 9.59 Å². The number of nitrogens with zero attached hydrogens (tertiary/aromatic N) is 3. The predicted octanol–water partition coefficient (Wildman–Crippen LogP) is 4.61. The van der Waals surface area contributed by atoms with Crippen LogP contribution in [-0.4, -0.2) is 44.8 Å². The lowest BCUT2D eigenvalue weighted by molar-refractivity contribution is -0.135. The monoisotopic (exact) mass is 439 g/mol. The number of fused-ring (bicyclic) bond motifs is 1. The Kier molecular flexibility index (Phi) is 5.67. The standard InChI is InChI=1S/C24H26ClN3O3/c1-24(2,3)28(23(30)18-7-4-5-8-19(18)25)15-21(29)27-13-12-26-11-6-9-20(26)22(27)17-10-14-31-16-17/h4-11,14,16,22H,12-13,15H2,1-3H3/t22-/m1/s1. The van der Waals surface area contributed by atoms with Crippen LogP contribution in [0.15, 0.2) is 65.6 Å². The SMILES string of the molecule is CC(C)(C)N(CC(=O)N1CCn2cccc2[C@H]1c1ccoc1)C(=O)c1ccccc1Cl. The summed E-state index contributed by atoms with van der Waals surface area (Å²) in [6, 6.07) is 12.6. The molecule has 3 aromatic rings. The number of aromatic nitrogens is 1. The van der Waals surface area contributed by atoms with Gasteiger partial charge in [0, 0.05) is 36.1 Å². The number of carbonyl (C=O) groups excluding carboxylic acids is 2. The van der Waals surface area contributed by atoms with Crippen LogP contribution in [0, 0.1) is 0 Å². The zero-order chi connectivity index (χ0) is 22.2. The van der Waals surface area contributed by atoms with Gasteiger partial charge in [-0.2, -0.15) is 0 Å². The van der Waals surface area contributed by atoms with Crippen LogP contribution in [0.3, 0.4) is 0 Å². The fourth-order valence-electron chi connectivity index (χ4n) is 4.05. The Morgan fingerprint density at radius 2 is 1.90 bits per heavy atom. The van der Waals surface area contributed by atoms with Crippen LogP contribution in [0.2, 0.25) is 5.02 Å². The summed E-state index contributed by atoms with van der Waals surface area (Å²) in [5, 5.41) is 0.376. The van der Waals surface area contributed by atoms with E-state index in [4.69, 9.17) is 16.0 Å². The number of hydrogen-bond acceptors (Lipinski definition) is 3. The van der Waals surface area contributed by atoms with E-state index in [2.05, 4.69) is 4.57 Å². The molecule has 3 heterocycles. The van der Waals surface area contributed by atoms with Crippen LogP contribution < -0.4 is 0 Å². The van der Waals surface area contributed by atoms with Crippen molar-refractivity contribution in [2.45, 2.75) is 38.9 Å². The molecule has 0 bridgehead atoms. The fourth-order valence-corrected chi connectivity index (χ4v) is 4.27. The number of halogens is 1. The van der Waals surface area contributed by atoms with Crippen LogP contribution in [0.25, 0.3) is 0 Å². The largest absolute Gasteiger partial charge is 0.472 e. The van der Waals surface area contributed by atoms with Crippen molar-refractivity contribution < 1.29 is 14.0 Å². The fraction of sp³-hybridized carbons (Fsp3) is 0.333. The van der Waals surface area contributed by atoms with Gasteiger partial charge < -0.3 is 18.8 Å². The Labute approximate surface area is 187 Å². The molecule has 1 aromatic carbocycles. The number of furan rings is 1. The summed E-state index contributed by atoms with van der Waals surface area (Å²) in [5.74, 6) is -0.374. The van der Waals surface area contributed by atoms with E-state index >= 15 is 0 Å². The number of benzene rings is 1. The summed E-state index contributed by atoms with van der Waals surface area (Å²) >= 11 is 6.28. The molecule has 162 valence electrons. The molecule has 0 N–H and O–H groups in total. The third-order valence-electron chi connectivity index (χ3n) is 5.67. The van der Waals surface area contributed by atoms with Crippen LogP contribution >= 0.6 is 11.6 Å². The van der Waals surface area contributed by atoms with Crippen LogP contribution in [0.4, 0.5) is 0 Å². The molecule has 0 saturated heterocycles. The molecule has 6 nitrogen and oxygen atoms in total. The maximum atomic E-state index is 13.6. The van der Waals surface area contributed by atoms with E-state index in [-0.39, 0.29) is 24.4 Å². The van der Waals surface area contributed by atoms with E-state index in [0.717, 1.165) is 11.3 Å². The third kappa shape index (κ3) is 4.12. The molecule has 2 amide bonds. The molecule has 0 spiro atoms. The number of carbonyl (C=O) groups is 2. The summed E-state index contributed by atoms with van der Waals surface area (Å²) in [5.41, 5.74) is 1.77. The molecule has 0 aliphatic carbocycles. The first-order valence-electron chi connectivity index (χ1n) is 10.3. The summed E-state index contributed by atoms with van der Waals surface area (Å²) in [4.78, 5) is 30.3. The van der Waals surface area contributed by atoms with E-state index in [1.54, 1.807) is 41.7 Å². The van der Waals surface area contributed by atoms with Gasteiger partial charge in [-0.25, -0.2) is 0 Å². The van der Waals surface area contributed by atoms with Crippen molar-refractivity contribution in [2.75, 3.05) is 13.1 Å². The molecule has 0 radical (unpaired) electrons. The molecule has 1 aliphatic heterocycles. The summed E-state index contributed by atoms with van der Waals surface area (Å²) in [7, 11) is 0. The molecule has 4 rings (SSSR count). The molecule has 0 unspecified atom stereocenters. The van der Waals surface area contributed by atoms with E-state index < -0.39 is 5.54 Å². The minimum atomic E-state index is -0.562. The average molecular weight is 440 g/mol. The molecule has 1 aliphatic rings. The van der Waals surface area contributed by atoms with E-state index in [1.807, 2.05) is 50.1 Å². The summed E-state index contributed by atoms with van der Waals surface area (Å²) < 4.78 is 7.46. The second kappa shape index (κ2) is 8.27. The highest BCUT2D eigenvalue weighted by Crippen LogP contribution is 2.33. The smallest absolute Gasteiger partial charge is 0.256 e. The van der Waals surface area contributed by atoms with Gasteiger partial charge in [-0.15, -0.1) is 0 Å². The number of amides is 2. The van der Waals surface area contributed by atoms with Crippen LogP contribution in [-0.2, 0) is 11.3 Å². The lowest BCUT2D eigenvalue weighted by Crippen LogP contribution is -2.53. The van der Waals surface area contributed by atoms with Crippen molar-refractivity contribution in [2.24, 2.45) is 0 Å². The molecule has 2 aromatic heterocycles. The molecule has 0 fully saturated rings. The minimum absolute atomic E-state index is 0.0391. The normalized spacial score (nSPS) is 16.1. The first kappa shape index (κ1) is 21.2. The first-order chi connectivity index (χ1) is 14.8. The maximum Gasteiger partial charge on any atom is 0.256 e. The van der Waals surface area contributed by atoms with Crippen molar-refractivity contribution in [1.29, 1.82) is 0 Å². The number of rotatable bonds is 4. The Balaban J connectivity index is 1.64. The van der Waals surface area contributed by atoms with E-state index in [9.17, 15) is 9.59 Å². The van der Waals surface area contributed by atoms with Gasteiger partial charge in [0.2, 0.25) is 5.91 Å². The molecular formula is C24H26ClN3O3. The molecule has 1 atom stereocenters. The van der Waals surface area contributed by atoms with E-state index in [0.29, 0.717) is 23.7 Å². The predicted molar refractivity (Wildman–Crippen MR) is 119 cm³/mol. The second-order valence-corrected chi connectivity index (χ2v) is 9.12. The minimum Gasteiger partial charge on any atom is -0.472 e. The van der Waals surface area contributed by atoms with Gasteiger partial charge in [0.05, 0.1) is 23.1 Å². The zero-order valence-corrected chi connectivity index (χ0v) is 18.7. The Bertz CT molecular complexity index is 1080. The van der Waals surface area contributed by atoms with E-state index in [1.165, 1.54) is 0 Å². The average Bonchev–Trinajstić information content (AvgIpc) is 3.42. The van der Waals surface area contributed by atoms with Crippen molar-refractivity contribution in [3.05, 3.63) is 83.0 Å². The molecule has 0 saturated carbocycles. The lowest BCUT2D eigenvalue weighted by atomic mass is 10.0. The lowest BCUT2D eigenvalue weighted by Gasteiger charge is -2.40. The van der Waals surface area contributed by atoms with Crippen molar-refractivity contribution in [3.8, 4) is 0 Å². The molecule has 31 heavy (non-hydrogen) atoms. The highest BCUT2D eigenvalue weighted by Gasteiger charge is 2.36. The summed E-state index contributed by atoms with van der Waals surface area (Å²) in [6.45, 7) is 6.98. The van der Waals surface area contributed by atoms with Gasteiger partial charge in [-0.05, 0) is 51.1 Å². The highest BCUT2D eigenvalue weighted by molar-refractivity contribution is 6.33. The van der Waals surface area contributed by atoms with Gasteiger partial charge >= 0.3 is 0 Å². The topological polar surface area (TPSA) is 58.7 Å². The van der Waals surface area contributed by atoms with Gasteiger partial charge in [-0.1, -0.05) is 23.7 Å². The van der Waals surface area contributed by atoms with Crippen LogP contribution in [0.5, 0.6) is 0 Å². The van der Waals surface area contributed by atoms with Crippen molar-refractivity contribution >= 4 is 23.4 Å². The maximum absolute atomic E-state index is 13.6. The highest BCUT2D eigenvalue weighted by atomic mass is 35.5. The van der Waals surface area contributed by atoms with Crippen molar-refractivity contribution in [1.82, 2.24) is 14.4 Å².